The summed E-state index contributed by atoms with van der Waals surface area (Å²) in [7, 11) is 3.55. The molecule has 2 aromatic carbocycles. The molecule has 3 nitrogen and oxygen atoms in total. The summed E-state index contributed by atoms with van der Waals surface area (Å²) in [5.74, 6) is 0.807. The van der Waals surface area contributed by atoms with E-state index in [9.17, 15) is 0 Å². The van der Waals surface area contributed by atoms with E-state index >= 15 is 0 Å². The summed E-state index contributed by atoms with van der Waals surface area (Å²) in [6.07, 6.45) is 0. The third kappa shape index (κ3) is 3.08. The molecule has 1 unspecified atom stereocenters. The zero-order chi connectivity index (χ0) is 13.8. The van der Waals surface area contributed by atoms with Crippen molar-refractivity contribution in [3.63, 3.8) is 0 Å². The van der Waals surface area contributed by atoms with E-state index in [0.29, 0.717) is 0 Å². The molecule has 1 atom stereocenters. The molecular weight excluding hydrogens is 304 g/mol. The third-order valence-electron chi connectivity index (χ3n) is 3.09. The molecule has 0 spiro atoms. The summed E-state index contributed by atoms with van der Waals surface area (Å²) < 4.78 is 6.13. The molecule has 0 amide bonds. The van der Waals surface area contributed by atoms with Crippen LogP contribution in [0.5, 0.6) is 5.75 Å². The smallest absolute Gasteiger partial charge is 0.133 e. The molecule has 0 radical (unpaired) electrons. The minimum absolute atomic E-state index is 0.145. The molecule has 0 saturated carbocycles. The maximum Gasteiger partial charge on any atom is 0.133 e. The van der Waals surface area contributed by atoms with E-state index in [1.165, 1.54) is 0 Å². The van der Waals surface area contributed by atoms with Gasteiger partial charge in [0.05, 0.1) is 17.6 Å². The van der Waals surface area contributed by atoms with Gasteiger partial charge >= 0.3 is 0 Å². The van der Waals surface area contributed by atoms with Crippen molar-refractivity contribution in [1.29, 1.82) is 0 Å². The van der Waals surface area contributed by atoms with Crippen molar-refractivity contribution in [1.82, 2.24) is 0 Å². The van der Waals surface area contributed by atoms with Crippen LogP contribution in [0.1, 0.15) is 17.2 Å². The molecule has 4 heteroatoms. The Morgan fingerprint density at radius 2 is 1.74 bits per heavy atom. The normalized spacial score (nSPS) is 12.0. The Labute approximate surface area is 121 Å². The van der Waals surface area contributed by atoms with Gasteiger partial charge in [0.15, 0.2) is 0 Å². The van der Waals surface area contributed by atoms with Crippen LogP contribution in [0.15, 0.2) is 46.9 Å². The monoisotopic (exact) mass is 320 g/mol. The van der Waals surface area contributed by atoms with Crippen molar-refractivity contribution in [2.24, 2.45) is 5.73 Å². The largest absolute Gasteiger partial charge is 0.496 e. The minimum Gasteiger partial charge on any atom is -0.496 e. The van der Waals surface area contributed by atoms with Crippen LogP contribution in [0.3, 0.4) is 0 Å². The van der Waals surface area contributed by atoms with E-state index in [1.54, 1.807) is 7.11 Å². The fourth-order valence-corrected chi connectivity index (χ4v) is 2.48. The second-order valence-corrected chi connectivity index (χ2v) is 5.10. The fraction of sp³-hybridized carbons (Fsp3) is 0.200. The first-order chi connectivity index (χ1) is 9.15. The molecular formula is C15H17BrN2O. The fourth-order valence-electron chi connectivity index (χ4n) is 1.93. The molecule has 100 valence electrons. The Bertz CT molecular complexity index is 555. The summed E-state index contributed by atoms with van der Waals surface area (Å²) in [6, 6.07) is 13.9. The predicted octanol–water partition coefficient (Wildman–Crippen LogP) is 3.55. The summed E-state index contributed by atoms with van der Waals surface area (Å²) in [5, 5.41) is 3.09. The Kier molecular flexibility index (Phi) is 4.45. The number of ether oxygens (including phenoxy) is 1. The first kappa shape index (κ1) is 13.9. The number of rotatable bonds is 4. The lowest BCUT2D eigenvalue weighted by Crippen LogP contribution is -2.11. The Balaban J connectivity index is 2.27. The van der Waals surface area contributed by atoms with Gasteiger partial charge in [-0.05, 0) is 51.3 Å². The van der Waals surface area contributed by atoms with Gasteiger partial charge in [0, 0.05) is 12.7 Å². The van der Waals surface area contributed by atoms with Crippen LogP contribution in [0.25, 0.3) is 0 Å². The summed E-state index contributed by atoms with van der Waals surface area (Å²) in [5.41, 5.74) is 9.49. The molecule has 19 heavy (non-hydrogen) atoms. The predicted molar refractivity (Wildman–Crippen MR) is 82.7 cm³/mol. The average molecular weight is 321 g/mol. The molecule has 2 rings (SSSR count). The molecule has 3 N–H and O–H groups in total. The Morgan fingerprint density at radius 3 is 2.26 bits per heavy atom. The van der Waals surface area contributed by atoms with Gasteiger partial charge < -0.3 is 15.8 Å². The van der Waals surface area contributed by atoms with E-state index in [2.05, 4.69) is 21.2 Å². The van der Waals surface area contributed by atoms with E-state index in [4.69, 9.17) is 10.5 Å². The van der Waals surface area contributed by atoms with Crippen LogP contribution in [-0.2, 0) is 0 Å². The molecule has 0 fully saturated rings. The highest BCUT2D eigenvalue weighted by molar-refractivity contribution is 9.10. The van der Waals surface area contributed by atoms with Crippen LogP contribution in [0, 0.1) is 0 Å². The summed E-state index contributed by atoms with van der Waals surface area (Å²) >= 11 is 3.48. The van der Waals surface area contributed by atoms with E-state index in [0.717, 1.165) is 27.0 Å². The lowest BCUT2D eigenvalue weighted by atomic mass is 9.99. The van der Waals surface area contributed by atoms with Gasteiger partial charge in [-0.25, -0.2) is 0 Å². The van der Waals surface area contributed by atoms with Gasteiger partial charge in [-0.2, -0.15) is 0 Å². The van der Waals surface area contributed by atoms with Gasteiger partial charge in [-0.15, -0.1) is 0 Å². The average Bonchev–Trinajstić information content (AvgIpc) is 2.46. The molecule has 0 heterocycles. The maximum atomic E-state index is 6.29. The molecule has 0 aliphatic rings. The van der Waals surface area contributed by atoms with Crippen LogP contribution >= 0.6 is 15.9 Å². The highest BCUT2D eigenvalue weighted by Crippen LogP contribution is 2.29. The van der Waals surface area contributed by atoms with Gasteiger partial charge in [0.1, 0.15) is 5.75 Å². The van der Waals surface area contributed by atoms with E-state index in [-0.39, 0.29) is 6.04 Å². The Morgan fingerprint density at radius 1 is 1.11 bits per heavy atom. The Hall–Kier alpha value is -1.52. The minimum atomic E-state index is -0.145. The molecule has 0 saturated heterocycles. The number of hydrogen-bond acceptors (Lipinski definition) is 3. The van der Waals surface area contributed by atoms with Gasteiger partial charge in [0.25, 0.3) is 0 Å². The molecule has 0 aromatic heterocycles. The quantitative estimate of drug-likeness (QED) is 0.905. The zero-order valence-corrected chi connectivity index (χ0v) is 12.6. The van der Waals surface area contributed by atoms with E-state index in [1.807, 2.05) is 49.5 Å². The van der Waals surface area contributed by atoms with Crippen molar-refractivity contribution in [3.8, 4) is 5.75 Å². The number of anilines is 1. The lowest BCUT2D eigenvalue weighted by Gasteiger charge is -2.14. The van der Waals surface area contributed by atoms with Crippen molar-refractivity contribution in [3.05, 3.63) is 58.1 Å². The van der Waals surface area contributed by atoms with Gasteiger partial charge in [0.2, 0.25) is 0 Å². The SMILES string of the molecule is CNc1ccc(C(N)c2ccc(OC)c(Br)c2)cc1. The maximum absolute atomic E-state index is 6.29. The van der Waals surface area contributed by atoms with Crippen LogP contribution in [0.4, 0.5) is 5.69 Å². The standard InChI is InChI=1S/C15H17BrN2O/c1-18-12-6-3-10(4-7-12)15(17)11-5-8-14(19-2)13(16)9-11/h3-9,15,18H,17H2,1-2H3. The van der Waals surface area contributed by atoms with Crippen LogP contribution < -0.4 is 15.8 Å². The van der Waals surface area contributed by atoms with E-state index < -0.39 is 0 Å². The second-order valence-electron chi connectivity index (χ2n) is 4.24. The van der Waals surface area contributed by atoms with Gasteiger partial charge in [-0.3, -0.25) is 0 Å². The van der Waals surface area contributed by atoms with Crippen molar-refractivity contribution in [2.45, 2.75) is 6.04 Å². The number of halogens is 1. The highest BCUT2D eigenvalue weighted by atomic mass is 79.9. The lowest BCUT2D eigenvalue weighted by molar-refractivity contribution is 0.412. The van der Waals surface area contributed by atoms with Crippen molar-refractivity contribution in [2.75, 3.05) is 19.5 Å². The van der Waals surface area contributed by atoms with Crippen LogP contribution in [0.2, 0.25) is 0 Å². The highest BCUT2D eigenvalue weighted by Gasteiger charge is 2.11. The summed E-state index contributed by atoms with van der Waals surface area (Å²) in [4.78, 5) is 0. The number of methoxy groups -OCH3 is 1. The first-order valence-electron chi connectivity index (χ1n) is 6.02. The van der Waals surface area contributed by atoms with Crippen LogP contribution in [-0.4, -0.2) is 14.2 Å². The molecule has 0 aliphatic carbocycles. The van der Waals surface area contributed by atoms with Crippen molar-refractivity contribution < 1.29 is 4.74 Å². The molecule has 0 bridgehead atoms. The molecule has 2 aromatic rings. The zero-order valence-electron chi connectivity index (χ0n) is 11.0. The number of benzene rings is 2. The third-order valence-corrected chi connectivity index (χ3v) is 3.71. The topological polar surface area (TPSA) is 47.3 Å². The number of nitrogens with one attached hydrogen (secondary N) is 1. The molecule has 0 aliphatic heterocycles. The second kappa shape index (κ2) is 6.08. The summed E-state index contributed by atoms with van der Waals surface area (Å²) in [6.45, 7) is 0. The van der Waals surface area contributed by atoms with Crippen molar-refractivity contribution >= 4 is 21.6 Å². The van der Waals surface area contributed by atoms with Gasteiger partial charge in [-0.1, -0.05) is 18.2 Å². The number of hydrogen-bond donors (Lipinski definition) is 2. The first-order valence-corrected chi connectivity index (χ1v) is 6.81. The number of nitrogens with two attached hydrogens (primary N) is 1.